The number of hydrogen-bond donors (Lipinski definition) is 1. The fourth-order valence-corrected chi connectivity index (χ4v) is 3.62. The van der Waals surface area contributed by atoms with Crippen molar-refractivity contribution in [1.29, 1.82) is 0 Å². The normalized spacial score (nSPS) is 15.1. The zero-order valence-corrected chi connectivity index (χ0v) is 18.8. The smallest absolute Gasteiger partial charge is 0.194 e. The Bertz CT molecular complexity index is 692. The molecule has 144 valence electrons. The largest absolute Gasteiger partial charge is 0.354 e. The number of hydrogen-bond acceptors (Lipinski definition) is 5. The Labute approximate surface area is 176 Å². The number of guanidine groups is 1. The van der Waals surface area contributed by atoms with Crippen molar-refractivity contribution in [1.82, 2.24) is 30.0 Å². The average molecular weight is 489 g/mol. The minimum atomic E-state index is 0. The van der Waals surface area contributed by atoms with Crippen molar-refractivity contribution >= 4 is 41.3 Å². The second kappa shape index (κ2) is 10.2. The first-order chi connectivity index (χ1) is 12.1. The van der Waals surface area contributed by atoms with Crippen molar-refractivity contribution in [3.63, 3.8) is 0 Å². The molecule has 0 saturated heterocycles. The Kier molecular flexibility index (Phi) is 8.26. The lowest BCUT2D eigenvalue weighted by molar-refractivity contribution is 0.463. The minimum absolute atomic E-state index is 0. The van der Waals surface area contributed by atoms with E-state index in [9.17, 15) is 0 Å². The molecular formula is C17H28IN7S. The predicted molar refractivity (Wildman–Crippen MR) is 116 cm³/mol. The van der Waals surface area contributed by atoms with Crippen LogP contribution in [0.15, 0.2) is 16.6 Å². The van der Waals surface area contributed by atoms with E-state index >= 15 is 0 Å². The summed E-state index contributed by atoms with van der Waals surface area (Å²) in [6.07, 6.45) is 7.85. The zero-order valence-electron chi connectivity index (χ0n) is 15.7. The van der Waals surface area contributed by atoms with E-state index in [4.69, 9.17) is 4.99 Å². The third-order valence-electron chi connectivity index (χ3n) is 4.75. The fraction of sp³-hybridized carbons (Fsp3) is 0.647. The van der Waals surface area contributed by atoms with Gasteiger partial charge in [-0.1, -0.05) is 12.8 Å². The van der Waals surface area contributed by atoms with Crippen molar-refractivity contribution in [3.8, 4) is 0 Å². The molecule has 0 aliphatic heterocycles. The summed E-state index contributed by atoms with van der Waals surface area (Å²) in [5.41, 5.74) is 0. The number of rotatable bonds is 6. The SMILES string of the molecule is Cc1nnc(CN=C(NC2CCCC2)N(C)CCc2nccs2)n1C.I. The molecule has 0 spiro atoms. The van der Waals surface area contributed by atoms with Crippen molar-refractivity contribution in [2.45, 2.75) is 51.6 Å². The highest BCUT2D eigenvalue weighted by atomic mass is 127. The van der Waals surface area contributed by atoms with Crippen LogP contribution in [0.1, 0.15) is 42.3 Å². The van der Waals surface area contributed by atoms with Crippen LogP contribution in [0, 0.1) is 6.92 Å². The van der Waals surface area contributed by atoms with Gasteiger partial charge < -0.3 is 14.8 Å². The Balaban J connectivity index is 0.00000243. The number of halogens is 1. The number of likely N-dealkylation sites (N-methyl/N-ethyl adjacent to an activating group) is 1. The Hall–Kier alpha value is -1.23. The summed E-state index contributed by atoms with van der Waals surface area (Å²) < 4.78 is 1.99. The number of nitrogens with zero attached hydrogens (tertiary/aromatic N) is 6. The highest BCUT2D eigenvalue weighted by Crippen LogP contribution is 2.18. The van der Waals surface area contributed by atoms with E-state index in [0.717, 1.165) is 35.6 Å². The molecule has 3 rings (SSSR count). The van der Waals surface area contributed by atoms with Gasteiger partial charge in [0.15, 0.2) is 11.8 Å². The van der Waals surface area contributed by atoms with Gasteiger partial charge in [0.25, 0.3) is 0 Å². The monoisotopic (exact) mass is 489 g/mol. The second-order valence-corrected chi connectivity index (χ2v) is 7.56. The summed E-state index contributed by atoms with van der Waals surface area (Å²) in [4.78, 5) is 11.4. The molecule has 1 fully saturated rings. The van der Waals surface area contributed by atoms with Gasteiger partial charge in [-0.05, 0) is 19.8 Å². The summed E-state index contributed by atoms with van der Waals surface area (Å²) in [6, 6.07) is 0.530. The molecule has 2 aromatic heterocycles. The maximum Gasteiger partial charge on any atom is 0.194 e. The molecule has 1 saturated carbocycles. The molecule has 0 radical (unpaired) electrons. The van der Waals surface area contributed by atoms with Gasteiger partial charge in [-0.2, -0.15) is 0 Å². The highest BCUT2D eigenvalue weighted by Gasteiger charge is 2.18. The number of nitrogens with one attached hydrogen (secondary N) is 1. The number of aromatic nitrogens is 4. The van der Waals surface area contributed by atoms with Crippen LogP contribution in [-0.2, 0) is 20.0 Å². The fourth-order valence-electron chi connectivity index (χ4n) is 3.01. The third-order valence-corrected chi connectivity index (χ3v) is 5.59. The van der Waals surface area contributed by atoms with E-state index in [1.807, 2.05) is 30.1 Å². The Morgan fingerprint density at radius 2 is 2.15 bits per heavy atom. The summed E-state index contributed by atoms with van der Waals surface area (Å²) in [5.74, 6) is 2.74. The highest BCUT2D eigenvalue weighted by molar-refractivity contribution is 14.0. The van der Waals surface area contributed by atoms with E-state index < -0.39 is 0 Å². The predicted octanol–water partition coefficient (Wildman–Crippen LogP) is 2.76. The number of aliphatic imine (C=N–C) groups is 1. The number of aryl methyl sites for hydroxylation is 1. The van der Waals surface area contributed by atoms with Gasteiger partial charge in [-0.25, -0.2) is 9.98 Å². The van der Waals surface area contributed by atoms with Gasteiger partial charge >= 0.3 is 0 Å². The first-order valence-corrected chi connectivity index (χ1v) is 9.77. The number of thiazole rings is 1. The first kappa shape index (κ1) is 21.1. The molecule has 2 heterocycles. The van der Waals surface area contributed by atoms with Crippen LogP contribution in [0.2, 0.25) is 0 Å². The molecule has 2 aromatic rings. The zero-order chi connectivity index (χ0) is 17.6. The van der Waals surface area contributed by atoms with Gasteiger partial charge in [0, 0.05) is 44.7 Å². The van der Waals surface area contributed by atoms with Gasteiger partial charge in [-0.3, -0.25) is 0 Å². The van der Waals surface area contributed by atoms with Crippen LogP contribution < -0.4 is 5.32 Å². The van der Waals surface area contributed by atoms with Crippen LogP contribution in [0.3, 0.4) is 0 Å². The molecule has 0 unspecified atom stereocenters. The lowest BCUT2D eigenvalue weighted by atomic mass is 10.2. The topological polar surface area (TPSA) is 71.2 Å². The maximum atomic E-state index is 4.82. The van der Waals surface area contributed by atoms with Gasteiger partial charge in [-0.15, -0.1) is 45.5 Å². The summed E-state index contributed by atoms with van der Waals surface area (Å²) >= 11 is 1.70. The molecule has 7 nitrogen and oxygen atoms in total. The van der Waals surface area contributed by atoms with Crippen molar-refractivity contribution < 1.29 is 0 Å². The molecule has 1 aliphatic carbocycles. The van der Waals surface area contributed by atoms with Crippen LogP contribution in [-0.4, -0.2) is 50.2 Å². The molecule has 0 aromatic carbocycles. The first-order valence-electron chi connectivity index (χ1n) is 8.89. The van der Waals surface area contributed by atoms with Crippen molar-refractivity contribution in [3.05, 3.63) is 28.2 Å². The van der Waals surface area contributed by atoms with Crippen LogP contribution >= 0.6 is 35.3 Å². The van der Waals surface area contributed by atoms with Gasteiger partial charge in [0.1, 0.15) is 12.4 Å². The van der Waals surface area contributed by atoms with Crippen LogP contribution in [0.25, 0.3) is 0 Å². The Morgan fingerprint density at radius 3 is 2.77 bits per heavy atom. The molecule has 26 heavy (non-hydrogen) atoms. The third kappa shape index (κ3) is 5.63. The second-order valence-electron chi connectivity index (χ2n) is 6.59. The summed E-state index contributed by atoms with van der Waals surface area (Å²) in [5, 5.41) is 15.2. The summed E-state index contributed by atoms with van der Waals surface area (Å²) in [6.45, 7) is 3.38. The lowest BCUT2D eigenvalue weighted by Gasteiger charge is -2.25. The quantitative estimate of drug-likeness (QED) is 0.384. The van der Waals surface area contributed by atoms with Crippen molar-refractivity contribution in [2.75, 3.05) is 13.6 Å². The van der Waals surface area contributed by atoms with Crippen LogP contribution in [0.4, 0.5) is 0 Å². The molecule has 0 bridgehead atoms. The van der Waals surface area contributed by atoms with Gasteiger partial charge in [0.05, 0.1) is 5.01 Å². The molecule has 9 heteroatoms. The van der Waals surface area contributed by atoms with E-state index in [0.29, 0.717) is 12.6 Å². The summed E-state index contributed by atoms with van der Waals surface area (Å²) in [7, 11) is 4.08. The van der Waals surface area contributed by atoms with E-state index in [1.165, 1.54) is 25.7 Å². The van der Waals surface area contributed by atoms with E-state index in [2.05, 4.69) is 32.4 Å². The standard InChI is InChI=1S/C17H27N7S.HI/c1-13-21-22-15(24(13)3)12-19-17(20-14-6-4-5-7-14)23(2)10-8-16-18-9-11-25-16;/h9,11,14H,4-8,10,12H2,1-3H3,(H,19,20);1H. The maximum absolute atomic E-state index is 4.82. The van der Waals surface area contributed by atoms with Crippen LogP contribution in [0.5, 0.6) is 0 Å². The van der Waals surface area contributed by atoms with Crippen molar-refractivity contribution in [2.24, 2.45) is 12.0 Å². The molecule has 0 atom stereocenters. The minimum Gasteiger partial charge on any atom is -0.354 e. The Morgan fingerprint density at radius 1 is 1.38 bits per heavy atom. The van der Waals surface area contributed by atoms with E-state index in [-0.39, 0.29) is 24.0 Å². The molecule has 1 N–H and O–H groups in total. The average Bonchev–Trinajstić information content (AvgIpc) is 3.35. The van der Waals surface area contributed by atoms with Gasteiger partial charge in [0.2, 0.25) is 0 Å². The molecule has 1 aliphatic rings. The molecule has 0 amide bonds. The molecular weight excluding hydrogens is 461 g/mol. The lowest BCUT2D eigenvalue weighted by Crippen LogP contribution is -2.44. The van der Waals surface area contributed by atoms with E-state index in [1.54, 1.807) is 11.3 Å².